The van der Waals surface area contributed by atoms with Crippen LogP contribution in [0, 0.1) is 17.8 Å². The molecule has 1 N–H and O–H groups in total. The Bertz CT molecular complexity index is 417. The van der Waals surface area contributed by atoms with Crippen molar-refractivity contribution in [2.45, 2.75) is 64.8 Å². The molecule has 0 bridgehead atoms. The van der Waals surface area contributed by atoms with Gasteiger partial charge in [0.25, 0.3) is 0 Å². The summed E-state index contributed by atoms with van der Waals surface area (Å²) < 4.78 is 0. The first-order valence-corrected chi connectivity index (χ1v) is 9.27. The summed E-state index contributed by atoms with van der Waals surface area (Å²) in [6, 6.07) is 3.13. The first kappa shape index (κ1) is 14.6. The third kappa shape index (κ3) is 2.96. The Morgan fingerprint density at radius 3 is 2.45 bits per heavy atom. The number of nitrogens with one attached hydrogen (secondary N) is 1. The highest BCUT2D eigenvalue weighted by Gasteiger charge is 2.31. The van der Waals surface area contributed by atoms with E-state index in [0.29, 0.717) is 6.04 Å². The smallest absolute Gasteiger partial charge is 0.0441 e. The van der Waals surface area contributed by atoms with Crippen molar-refractivity contribution in [3.05, 3.63) is 21.4 Å². The van der Waals surface area contributed by atoms with Crippen molar-refractivity contribution in [1.82, 2.24) is 5.32 Å². The molecule has 1 saturated carbocycles. The summed E-state index contributed by atoms with van der Waals surface area (Å²) in [5, 5.41) is 3.65. The van der Waals surface area contributed by atoms with Crippen LogP contribution in [-0.4, -0.2) is 7.05 Å². The van der Waals surface area contributed by atoms with Gasteiger partial charge < -0.3 is 5.32 Å². The summed E-state index contributed by atoms with van der Waals surface area (Å²) in [4.78, 5) is 3.30. The lowest BCUT2D eigenvalue weighted by Gasteiger charge is -2.36. The number of hydrogen-bond acceptors (Lipinski definition) is 2. The van der Waals surface area contributed by atoms with Gasteiger partial charge in [0, 0.05) is 15.8 Å². The minimum absolute atomic E-state index is 0.593. The highest BCUT2D eigenvalue weighted by atomic mass is 32.1. The zero-order valence-electron chi connectivity index (χ0n) is 13.2. The fourth-order valence-electron chi connectivity index (χ4n) is 4.56. The molecule has 0 aromatic carbocycles. The molecule has 3 rings (SSSR count). The van der Waals surface area contributed by atoms with Gasteiger partial charge in [-0.15, -0.1) is 11.3 Å². The van der Waals surface area contributed by atoms with Crippen molar-refractivity contribution >= 4 is 11.3 Å². The Labute approximate surface area is 128 Å². The normalized spacial score (nSPS) is 31.9. The molecule has 2 heteroatoms. The van der Waals surface area contributed by atoms with Gasteiger partial charge in [0.2, 0.25) is 0 Å². The zero-order valence-corrected chi connectivity index (χ0v) is 14.1. The van der Waals surface area contributed by atoms with Gasteiger partial charge in [-0.2, -0.15) is 0 Å². The summed E-state index contributed by atoms with van der Waals surface area (Å²) in [6.07, 6.45) is 9.66. The van der Waals surface area contributed by atoms with Gasteiger partial charge in [0.1, 0.15) is 0 Å². The minimum atomic E-state index is 0.593. The lowest BCUT2D eigenvalue weighted by Crippen LogP contribution is -2.30. The largest absolute Gasteiger partial charge is 0.312 e. The topological polar surface area (TPSA) is 12.0 Å². The predicted molar refractivity (Wildman–Crippen MR) is 88.4 cm³/mol. The van der Waals surface area contributed by atoms with Crippen LogP contribution in [-0.2, 0) is 12.8 Å². The molecule has 0 spiro atoms. The summed E-state index contributed by atoms with van der Waals surface area (Å²) in [7, 11) is 2.16. The lowest BCUT2D eigenvalue weighted by molar-refractivity contribution is 0.182. The van der Waals surface area contributed by atoms with Gasteiger partial charge >= 0.3 is 0 Å². The molecule has 0 radical (unpaired) electrons. The van der Waals surface area contributed by atoms with Crippen molar-refractivity contribution in [2.24, 2.45) is 17.8 Å². The Morgan fingerprint density at radius 2 is 1.80 bits per heavy atom. The van der Waals surface area contributed by atoms with Crippen LogP contribution in [0.3, 0.4) is 0 Å². The summed E-state index contributed by atoms with van der Waals surface area (Å²) in [6.45, 7) is 4.88. The molecule has 3 unspecified atom stereocenters. The first-order valence-electron chi connectivity index (χ1n) is 8.46. The van der Waals surface area contributed by atoms with Gasteiger partial charge in [-0.1, -0.05) is 13.8 Å². The summed E-state index contributed by atoms with van der Waals surface area (Å²) in [5.74, 6) is 2.63. The zero-order chi connectivity index (χ0) is 14.1. The number of thiophene rings is 1. The van der Waals surface area contributed by atoms with Crippen LogP contribution >= 0.6 is 11.3 Å². The maximum absolute atomic E-state index is 3.65. The molecule has 0 aliphatic heterocycles. The van der Waals surface area contributed by atoms with Gasteiger partial charge in [-0.3, -0.25) is 0 Å². The number of hydrogen-bond donors (Lipinski definition) is 1. The van der Waals surface area contributed by atoms with Gasteiger partial charge in [0.15, 0.2) is 0 Å². The quantitative estimate of drug-likeness (QED) is 0.830. The predicted octanol–water partition coefficient (Wildman–Crippen LogP) is 4.96. The van der Waals surface area contributed by atoms with Crippen LogP contribution in [0.15, 0.2) is 6.07 Å². The molecule has 20 heavy (non-hydrogen) atoms. The lowest BCUT2D eigenvalue weighted by atomic mass is 9.73. The van der Waals surface area contributed by atoms with Crippen LogP contribution in [0.2, 0.25) is 0 Å². The van der Waals surface area contributed by atoms with Crippen LogP contribution in [0.25, 0.3) is 0 Å². The summed E-state index contributed by atoms with van der Waals surface area (Å²) >= 11 is 2.10. The maximum Gasteiger partial charge on any atom is 0.0441 e. The maximum atomic E-state index is 3.65. The third-order valence-electron chi connectivity index (χ3n) is 5.32. The number of aryl methyl sites for hydroxylation is 2. The monoisotopic (exact) mass is 291 g/mol. The molecule has 1 fully saturated rings. The molecule has 1 aromatic heterocycles. The van der Waals surface area contributed by atoms with Crippen molar-refractivity contribution in [1.29, 1.82) is 0 Å². The fraction of sp³-hybridized carbons (Fsp3) is 0.778. The van der Waals surface area contributed by atoms with E-state index in [9.17, 15) is 0 Å². The second-order valence-corrected chi connectivity index (χ2v) is 8.42. The minimum Gasteiger partial charge on any atom is -0.312 e. The molecule has 3 atom stereocenters. The first-order chi connectivity index (χ1) is 9.67. The molecule has 1 heterocycles. The van der Waals surface area contributed by atoms with E-state index in [-0.39, 0.29) is 0 Å². The van der Waals surface area contributed by atoms with E-state index in [1.807, 2.05) is 0 Å². The molecule has 1 aromatic rings. The Balaban J connectivity index is 1.80. The van der Waals surface area contributed by atoms with Crippen molar-refractivity contribution in [2.75, 3.05) is 7.05 Å². The Hall–Kier alpha value is -0.340. The number of rotatable bonds is 3. The molecule has 0 saturated heterocycles. The highest BCUT2D eigenvalue weighted by molar-refractivity contribution is 7.12. The van der Waals surface area contributed by atoms with Gasteiger partial charge in [0.05, 0.1) is 0 Å². The molecule has 0 amide bonds. The summed E-state index contributed by atoms with van der Waals surface area (Å²) in [5.41, 5.74) is 1.66. The van der Waals surface area contributed by atoms with Crippen molar-refractivity contribution in [3.63, 3.8) is 0 Å². The van der Waals surface area contributed by atoms with E-state index in [4.69, 9.17) is 0 Å². The molecule has 1 nitrogen and oxygen atoms in total. The van der Waals surface area contributed by atoms with Crippen LogP contribution < -0.4 is 5.32 Å². The average Bonchev–Trinajstić information content (AvgIpc) is 2.81. The van der Waals surface area contributed by atoms with E-state index in [0.717, 1.165) is 17.8 Å². The van der Waals surface area contributed by atoms with Gasteiger partial charge in [-0.05, 0) is 81.4 Å². The van der Waals surface area contributed by atoms with E-state index in [1.54, 1.807) is 15.3 Å². The van der Waals surface area contributed by atoms with Crippen molar-refractivity contribution in [3.8, 4) is 0 Å². The second kappa shape index (κ2) is 6.19. The van der Waals surface area contributed by atoms with E-state index < -0.39 is 0 Å². The van der Waals surface area contributed by atoms with Crippen LogP contribution in [0.1, 0.15) is 67.3 Å². The van der Waals surface area contributed by atoms with E-state index in [1.165, 1.54) is 44.9 Å². The van der Waals surface area contributed by atoms with E-state index >= 15 is 0 Å². The molecular formula is C18H29NS. The average molecular weight is 292 g/mol. The third-order valence-corrected chi connectivity index (χ3v) is 6.64. The van der Waals surface area contributed by atoms with Gasteiger partial charge in [-0.25, -0.2) is 0 Å². The Kier molecular flexibility index (Phi) is 4.52. The highest BCUT2D eigenvalue weighted by Crippen LogP contribution is 2.42. The van der Waals surface area contributed by atoms with Crippen LogP contribution in [0.4, 0.5) is 0 Å². The molecule has 112 valence electrons. The Morgan fingerprint density at radius 1 is 1.10 bits per heavy atom. The standard InChI is InChI=1S/C18H29NS/c1-12-8-13(2)10-15(9-12)18(19-3)17-11-14-6-4-5-7-16(14)20-17/h11-13,15,18-19H,4-10H2,1-3H3. The van der Waals surface area contributed by atoms with Crippen molar-refractivity contribution < 1.29 is 0 Å². The molecule has 2 aliphatic rings. The van der Waals surface area contributed by atoms with E-state index in [2.05, 4.69) is 43.6 Å². The molecule has 2 aliphatic carbocycles. The number of fused-ring (bicyclic) bond motifs is 1. The second-order valence-electron chi connectivity index (χ2n) is 7.25. The molecular weight excluding hydrogens is 262 g/mol. The SMILES string of the molecule is CNC(c1cc2c(s1)CCCC2)C1CC(C)CC(C)C1. The fourth-order valence-corrected chi connectivity index (χ4v) is 6.02. The van der Waals surface area contributed by atoms with Crippen LogP contribution in [0.5, 0.6) is 0 Å².